The number of carbonyl (C=O) groups excluding carboxylic acids is 2. The number of benzene rings is 2. The summed E-state index contributed by atoms with van der Waals surface area (Å²) in [5.41, 5.74) is 1.53. The van der Waals surface area contributed by atoms with Crippen LogP contribution < -0.4 is 5.32 Å². The summed E-state index contributed by atoms with van der Waals surface area (Å²) in [5.74, 6) is 0.268. The molecule has 1 aromatic heterocycles. The monoisotopic (exact) mass is 487 g/mol. The maximum absolute atomic E-state index is 12.8. The number of halogens is 1. The van der Waals surface area contributed by atoms with Crippen molar-refractivity contribution >= 4 is 45.1 Å². The minimum absolute atomic E-state index is 0.0583. The van der Waals surface area contributed by atoms with Crippen molar-refractivity contribution in [3.63, 3.8) is 0 Å². The van der Waals surface area contributed by atoms with Crippen LogP contribution in [0.4, 0.5) is 5.69 Å². The van der Waals surface area contributed by atoms with Gasteiger partial charge in [-0.25, -0.2) is 0 Å². The summed E-state index contributed by atoms with van der Waals surface area (Å²) in [6.45, 7) is 7.34. The molecule has 0 bridgehead atoms. The van der Waals surface area contributed by atoms with Gasteiger partial charge in [0.05, 0.1) is 5.25 Å². The van der Waals surface area contributed by atoms with Gasteiger partial charge in [0.2, 0.25) is 11.8 Å². The van der Waals surface area contributed by atoms with Crippen LogP contribution in [0.3, 0.4) is 0 Å². The smallest absolute Gasteiger partial charge is 0.277 e. The molecule has 6 nitrogen and oxygen atoms in total. The molecule has 3 rings (SSSR count). The standard InChI is InChI=1S/C22H22BrN3O3S/c1-13(30-21-26-25-19(29-21)15-5-9-16(23)10-6-15)18(27)14-7-11-17(12-8-14)24-20(28)22(2,3)4/h5-13H,1-4H3,(H,24,28). The fourth-order valence-corrected chi connectivity index (χ4v) is 3.47. The Kier molecular flexibility index (Phi) is 6.77. The maximum atomic E-state index is 12.8. The van der Waals surface area contributed by atoms with E-state index >= 15 is 0 Å². The second kappa shape index (κ2) is 9.14. The van der Waals surface area contributed by atoms with Gasteiger partial charge in [-0.05, 0) is 55.5 Å². The summed E-state index contributed by atoms with van der Waals surface area (Å²) >= 11 is 4.60. The molecule has 1 N–H and O–H groups in total. The van der Waals surface area contributed by atoms with E-state index in [4.69, 9.17) is 4.42 Å². The second-order valence-corrected chi connectivity index (χ2v) is 9.99. The number of carbonyl (C=O) groups is 2. The van der Waals surface area contributed by atoms with Gasteiger partial charge in [-0.3, -0.25) is 9.59 Å². The summed E-state index contributed by atoms with van der Waals surface area (Å²) in [6, 6.07) is 14.4. The number of Topliss-reactive ketones (excluding diaryl/α,β-unsaturated/α-hetero) is 1. The average molecular weight is 488 g/mol. The van der Waals surface area contributed by atoms with Gasteiger partial charge in [0.1, 0.15) is 0 Å². The van der Waals surface area contributed by atoms with E-state index in [-0.39, 0.29) is 11.7 Å². The van der Waals surface area contributed by atoms with E-state index in [9.17, 15) is 9.59 Å². The zero-order chi connectivity index (χ0) is 21.9. The van der Waals surface area contributed by atoms with Crippen molar-refractivity contribution in [3.05, 3.63) is 58.6 Å². The Morgan fingerprint density at radius 1 is 1.03 bits per heavy atom. The van der Waals surface area contributed by atoms with Crippen LogP contribution >= 0.6 is 27.7 Å². The first-order valence-corrected chi connectivity index (χ1v) is 11.0. The summed E-state index contributed by atoms with van der Waals surface area (Å²) in [6.07, 6.45) is 0. The number of hydrogen-bond donors (Lipinski definition) is 1. The van der Waals surface area contributed by atoms with Crippen molar-refractivity contribution in [1.29, 1.82) is 0 Å². The summed E-state index contributed by atoms with van der Waals surface area (Å²) in [7, 11) is 0. The zero-order valence-electron chi connectivity index (χ0n) is 17.1. The number of thioether (sulfide) groups is 1. The van der Waals surface area contributed by atoms with E-state index in [1.54, 1.807) is 31.2 Å². The van der Waals surface area contributed by atoms with Gasteiger partial charge in [-0.1, -0.05) is 48.5 Å². The van der Waals surface area contributed by atoms with Crippen LogP contribution in [0.25, 0.3) is 11.5 Å². The Labute approximate surface area is 188 Å². The average Bonchev–Trinajstić information content (AvgIpc) is 3.16. The molecule has 0 saturated heterocycles. The molecule has 8 heteroatoms. The first-order chi connectivity index (χ1) is 14.1. The number of amides is 1. The van der Waals surface area contributed by atoms with Gasteiger partial charge in [-0.15, -0.1) is 10.2 Å². The van der Waals surface area contributed by atoms with Gasteiger partial charge in [0, 0.05) is 26.7 Å². The molecule has 0 aliphatic rings. The number of aromatic nitrogens is 2. The largest absolute Gasteiger partial charge is 0.411 e. The van der Waals surface area contributed by atoms with E-state index < -0.39 is 10.7 Å². The number of anilines is 1. The van der Waals surface area contributed by atoms with Crippen molar-refractivity contribution in [2.24, 2.45) is 5.41 Å². The SMILES string of the molecule is CC(Sc1nnc(-c2ccc(Br)cc2)o1)C(=O)c1ccc(NC(=O)C(C)(C)C)cc1. The zero-order valence-corrected chi connectivity index (χ0v) is 19.5. The summed E-state index contributed by atoms with van der Waals surface area (Å²) < 4.78 is 6.65. The number of ketones is 1. The predicted octanol–water partition coefficient (Wildman–Crippen LogP) is 5.85. The van der Waals surface area contributed by atoms with Gasteiger partial charge >= 0.3 is 0 Å². The minimum atomic E-state index is -0.487. The Bertz CT molecular complexity index is 1040. The molecular weight excluding hydrogens is 466 g/mol. The fraction of sp³-hybridized carbons (Fsp3) is 0.273. The highest BCUT2D eigenvalue weighted by Crippen LogP contribution is 2.28. The molecule has 0 radical (unpaired) electrons. The fourth-order valence-electron chi connectivity index (χ4n) is 2.44. The molecule has 1 atom stereocenters. The lowest BCUT2D eigenvalue weighted by Crippen LogP contribution is -2.27. The van der Waals surface area contributed by atoms with Gasteiger partial charge in [0.15, 0.2) is 5.78 Å². The lowest BCUT2D eigenvalue weighted by Gasteiger charge is -2.17. The molecule has 30 heavy (non-hydrogen) atoms. The second-order valence-electron chi connectivity index (χ2n) is 7.79. The predicted molar refractivity (Wildman–Crippen MR) is 122 cm³/mol. The summed E-state index contributed by atoms with van der Waals surface area (Å²) in [5, 5.41) is 10.9. The first kappa shape index (κ1) is 22.2. The summed E-state index contributed by atoms with van der Waals surface area (Å²) in [4.78, 5) is 24.8. The molecule has 0 aliphatic carbocycles. The Hall–Kier alpha value is -2.45. The molecular formula is C22H22BrN3O3S. The topological polar surface area (TPSA) is 85.1 Å². The van der Waals surface area contributed by atoms with Crippen LogP contribution in [0.15, 0.2) is 62.6 Å². The Morgan fingerprint density at radius 2 is 1.67 bits per heavy atom. The third kappa shape index (κ3) is 5.58. The molecule has 156 valence electrons. The first-order valence-electron chi connectivity index (χ1n) is 9.35. The van der Waals surface area contributed by atoms with E-state index in [1.807, 2.05) is 45.0 Å². The third-order valence-corrected chi connectivity index (χ3v) is 5.72. The molecule has 0 aliphatic heterocycles. The molecule has 1 heterocycles. The van der Waals surface area contributed by atoms with E-state index in [0.717, 1.165) is 10.0 Å². The lowest BCUT2D eigenvalue weighted by molar-refractivity contribution is -0.123. The Morgan fingerprint density at radius 3 is 2.27 bits per heavy atom. The Balaban J connectivity index is 1.63. The highest BCUT2D eigenvalue weighted by molar-refractivity contribution is 9.10. The van der Waals surface area contributed by atoms with Gasteiger partial charge < -0.3 is 9.73 Å². The molecule has 0 saturated carbocycles. The normalized spacial score (nSPS) is 12.4. The molecule has 3 aromatic rings. The van der Waals surface area contributed by atoms with Crippen LogP contribution in [0.5, 0.6) is 0 Å². The lowest BCUT2D eigenvalue weighted by atomic mass is 9.95. The van der Waals surface area contributed by atoms with Crippen molar-refractivity contribution in [2.75, 3.05) is 5.32 Å². The minimum Gasteiger partial charge on any atom is -0.411 e. The van der Waals surface area contributed by atoms with Gasteiger partial charge in [0.25, 0.3) is 5.22 Å². The van der Waals surface area contributed by atoms with Crippen LogP contribution in [0, 0.1) is 5.41 Å². The van der Waals surface area contributed by atoms with Gasteiger partial charge in [-0.2, -0.15) is 0 Å². The third-order valence-electron chi connectivity index (χ3n) is 4.25. The number of rotatable bonds is 6. The van der Waals surface area contributed by atoms with Crippen LogP contribution in [0.2, 0.25) is 0 Å². The van der Waals surface area contributed by atoms with Crippen molar-refractivity contribution < 1.29 is 14.0 Å². The number of nitrogens with zero attached hydrogens (tertiary/aromatic N) is 2. The van der Waals surface area contributed by atoms with Crippen LogP contribution in [-0.2, 0) is 4.79 Å². The maximum Gasteiger partial charge on any atom is 0.277 e. The molecule has 1 amide bonds. The number of hydrogen-bond acceptors (Lipinski definition) is 6. The van der Waals surface area contributed by atoms with E-state index in [1.165, 1.54) is 11.8 Å². The molecule has 1 unspecified atom stereocenters. The van der Waals surface area contributed by atoms with E-state index in [0.29, 0.717) is 22.4 Å². The quantitative estimate of drug-likeness (QED) is 0.346. The van der Waals surface area contributed by atoms with E-state index in [2.05, 4.69) is 31.4 Å². The molecule has 2 aromatic carbocycles. The highest BCUT2D eigenvalue weighted by atomic mass is 79.9. The molecule has 0 fully saturated rings. The van der Waals surface area contributed by atoms with Crippen LogP contribution in [0.1, 0.15) is 38.1 Å². The van der Waals surface area contributed by atoms with Crippen molar-refractivity contribution in [2.45, 2.75) is 38.2 Å². The van der Waals surface area contributed by atoms with Crippen molar-refractivity contribution in [3.8, 4) is 11.5 Å². The molecule has 0 spiro atoms. The highest BCUT2D eigenvalue weighted by Gasteiger charge is 2.22. The van der Waals surface area contributed by atoms with Crippen molar-refractivity contribution in [1.82, 2.24) is 10.2 Å². The number of nitrogens with one attached hydrogen (secondary N) is 1. The van der Waals surface area contributed by atoms with Crippen LogP contribution in [-0.4, -0.2) is 27.1 Å².